The molecule has 0 amide bonds. The van der Waals surface area contributed by atoms with Gasteiger partial charge in [0, 0.05) is 13.0 Å². The summed E-state index contributed by atoms with van der Waals surface area (Å²) in [7, 11) is 0. The van der Waals surface area contributed by atoms with Crippen LogP contribution in [0.5, 0.6) is 0 Å². The van der Waals surface area contributed by atoms with Crippen LogP contribution >= 0.6 is 11.6 Å². The lowest BCUT2D eigenvalue weighted by Gasteiger charge is -2.08. The highest BCUT2D eigenvalue weighted by atomic mass is 35.5. The first-order chi connectivity index (χ1) is 9.10. The molecule has 1 N–H and O–H groups in total. The Hall–Kier alpha value is -1.43. The maximum absolute atomic E-state index is 11.0. The van der Waals surface area contributed by atoms with Gasteiger partial charge in [0.1, 0.15) is 5.82 Å². The molecule has 1 rings (SSSR count). The molecule has 0 bridgehead atoms. The Morgan fingerprint density at radius 2 is 2.00 bits per heavy atom. The van der Waals surface area contributed by atoms with E-state index in [1.807, 2.05) is 6.92 Å². The van der Waals surface area contributed by atoms with Crippen LogP contribution in [-0.2, 0) is 6.42 Å². The van der Waals surface area contributed by atoms with Crippen molar-refractivity contribution in [2.75, 3.05) is 11.9 Å². The standard InChI is InChI=1S/C12H19ClN4O2/c1-3-5-6-8-14-12-10(17(18)19)11(13)15-9(16-12)7-4-2/h3-8H2,1-2H3,(H,14,15,16). The van der Waals surface area contributed by atoms with Crippen LogP contribution in [0.3, 0.4) is 0 Å². The van der Waals surface area contributed by atoms with Gasteiger partial charge in [-0.3, -0.25) is 10.1 Å². The Kier molecular flexibility index (Phi) is 6.49. The van der Waals surface area contributed by atoms with Crippen LogP contribution < -0.4 is 5.32 Å². The molecule has 0 aliphatic heterocycles. The SMILES string of the molecule is CCCCCNc1nc(CCC)nc(Cl)c1[N+](=O)[O-]. The van der Waals surface area contributed by atoms with Gasteiger partial charge in [0.25, 0.3) is 0 Å². The predicted molar refractivity (Wildman–Crippen MR) is 75.7 cm³/mol. The number of anilines is 1. The molecule has 0 fully saturated rings. The van der Waals surface area contributed by atoms with E-state index in [9.17, 15) is 10.1 Å². The van der Waals surface area contributed by atoms with Crippen molar-refractivity contribution in [2.45, 2.75) is 46.0 Å². The maximum Gasteiger partial charge on any atom is 0.348 e. The number of nitro groups is 1. The molecule has 1 aromatic rings. The summed E-state index contributed by atoms with van der Waals surface area (Å²) < 4.78 is 0. The van der Waals surface area contributed by atoms with Crippen molar-refractivity contribution in [2.24, 2.45) is 0 Å². The molecule has 0 saturated heterocycles. The van der Waals surface area contributed by atoms with Crippen LogP contribution in [0.1, 0.15) is 45.4 Å². The highest BCUT2D eigenvalue weighted by Crippen LogP contribution is 2.29. The van der Waals surface area contributed by atoms with Crippen LogP contribution in [-0.4, -0.2) is 21.4 Å². The van der Waals surface area contributed by atoms with Gasteiger partial charge in [-0.1, -0.05) is 38.3 Å². The minimum absolute atomic E-state index is 0.0959. The number of halogens is 1. The van der Waals surface area contributed by atoms with Gasteiger partial charge in [0.15, 0.2) is 0 Å². The van der Waals surface area contributed by atoms with E-state index in [2.05, 4.69) is 22.2 Å². The van der Waals surface area contributed by atoms with E-state index in [-0.39, 0.29) is 16.7 Å². The fourth-order valence-electron chi connectivity index (χ4n) is 1.67. The Bertz CT molecular complexity index is 440. The monoisotopic (exact) mass is 286 g/mol. The Morgan fingerprint density at radius 3 is 2.58 bits per heavy atom. The minimum Gasteiger partial charge on any atom is -0.364 e. The fraction of sp³-hybridized carbons (Fsp3) is 0.667. The van der Waals surface area contributed by atoms with Gasteiger partial charge < -0.3 is 5.32 Å². The van der Waals surface area contributed by atoms with Gasteiger partial charge >= 0.3 is 5.69 Å². The first-order valence-electron chi connectivity index (χ1n) is 6.54. The first kappa shape index (κ1) is 15.6. The highest BCUT2D eigenvalue weighted by Gasteiger charge is 2.23. The summed E-state index contributed by atoms with van der Waals surface area (Å²) in [4.78, 5) is 18.6. The van der Waals surface area contributed by atoms with Gasteiger partial charge in [-0.25, -0.2) is 9.97 Å². The van der Waals surface area contributed by atoms with Gasteiger partial charge in [0.05, 0.1) is 4.92 Å². The van der Waals surface area contributed by atoms with Crippen LogP contribution in [0.2, 0.25) is 5.15 Å². The normalized spacial score (nSPS) is 10.5. The topological polar surface area (TPSA) is 81.0 Å². The zero-order chi connectivity index (χ0) is 14.3. The molecule has 1 aromatic heterocycles. The largest absolute Gasteiger partial charge is 0.364 e. The minimum atomic E-state index is -0.541. The number of hydrogen-bond donors (Lipinski definition) is 1. The average molecular weight is 287 g/mol. The number of unbranched alkanes of at least 4 members (excludes halogenated alkanes) is 2. The third kappa shape index (κ3) is 4.63. The molecule has 0 aliphatic carbocycles. The van der Waals surface area contributed by atoms with Crippen molar-refractivity contribution in [3.8, 4) is 0 Å². The number of nitrogens with zero attached hydrogens (tertiary/aromatic N) is 3. The Labute approximate surface area is 117 Å². The zero-order valence-electron chi connectivity index (χ0n) is 11.3. The van der Waals surface area contributed by atoms with E-state index in [0.717, 1.165) is 25.7 Å². The van der Waals surface area contributed by atoms with E-state index in [0.29, 0.717) is 18.8 Å². The molecule has 6 nitrogen and oxygen atoms in total. The zero-order valence-corrected chi connectivity index (χ0v) is 12.0. The van der Waals surface area contributed by atoms with E-state index < -0.39 is 4.92 Å². The first-order valence-corrected chi connectivity index (χ1v) is 6.92. The van der Waals surface area contributed by atoms with Crippen molar-refractivity contribution in [3.05, 3.63) is 21.1 Å². The quantitative estimate of drug-likeness (QED) is 0.342. The maximum atomic E-state index is 11.0. The van der Waals surface area contributed by atoms with E-state index in [1.165, 1.54) is 0 Å². The highest BCUT2D eigenvalue weighted by molar-refractivity contribution is 6.31. The predicted octanol–water partition coefficient (Wildman–Crippen LogP) is 3.59. The third-order valence-electron chi connectivity index (χ3n) is 2.62. The van der Waals surface area contributed by atoms with Gasteiger partial charge in [-0.2, -0.15) is 0 Å². The van der Waals surface area contributed by atoms with Gasteiger partial charge in [0.2, 0.25) is 11.0 Å². The molecule has 0 saturated carbocycles. The summed E-state index contributed by atoms with van der Waals surface area (Å²) in [6.07, 6.45) is 4.62. The fourth-order valence-corrected chi connectivity index (χ4v) is 1.93. The summed E-state index contributed by atoms with van der Waals surface area (Å²) in [6.45, 7) is 4.74. The van der Waals surface area contributed by atoms with E-state index in [4.69, 9.17) is 11.6 Å². The molecule has 0 atom stereocenters. The molecule has 0 radical (unpaired) electrons. The molecule has 0 unspecified atom stereocenters. The molecule has 0 aliphatic rings. The number of nitrogens with one attached hydrogen (secondary N) is 1. The molecule has 19 heavy (non-hydrogen) atoms. The molecule has 0 aromatic carbocycles. The van der Waals surface area contributed by atoms with Gasteiger partial charge in [-0.15, -0.1) is 0 Å². The second kappa shape index (κ2) is 7.89. The van der Waals surface area contributed by atoms with E-state index in [1.54, 1.807) is 0 Å². The Morgan fingerprint density at radius 1 is 1.26 bits per heavy atom. The summed E-state index contributed by atoms with van der Waals surface area (Å²) >= 11 is 5.87. The van der Waals surface area contributed by atoms with Crippen LogP contribution in [0.4, 0.5) is 11.5 Å². The lowest BCUT2D eigenvalue weighted by molar-refractivity contribution is -0.384. The van der Waals surface area contributed by atoms with Crippen LogP contribution in [0.15, 0.2) is 0 Å². The van der Waals surface area contributed by atoms with Crippen molar-refractivity contribution in [1.82, 2.24) is 9.97 Å². The van der Waals surface area contributed by atoms with Crippen molar-refractivity contribution >= 4 is 23.1 Å². The van der Waals surface area contributed by atoms with E-state index >= 15 is 0 Å². The Balaban J connectivity index is 2.92. The molecule has 106 valence electrons. The molecular formula is C12H19ClN4O2. The van der Waals surface area contributed by atoms with Crippen molar-refractivity contribution in [3.63, 3.8) is 0 Å². The van der Waals surface area contributed by atoms with Crippen molar-refractivity contribution < 1.29 is 4.92 Å². The summed E-state index contributed by atoms with van der Waals surface area (Å²) in [5.74, 6) is 0.764. The molecular weight excluding hydrogens is 268 g/mol. The molecule has 1 heterocycles. The summed E-state index contributed by atoms with van der Waals surface area (Å²) in [5, 5.41) is 13.9. The summed E-state index contributed by atoms with van der Waals surface area (Å²) in [6, 6.07) is 0. The number of aryl methyl sites for hydroxylation is 1. The van der Waals surface area contributed by atoms with Crippen molar-refractivity contribution in [1.29, 1.82) is 0 Å². The third-order valence-corrected chi connectivity index (χ3v) is 2.88. The smallest absolute Gasteiger partial charge is 0.348 e. The van der Waals surface area contributed by atoms with Gasteiger partial charge in [-0.05, 0) is 12.8 Å². The number of rotatable bonds is 8. The van der Waals surface area contributed by atoms with Crippen LogP contribution in [0, 0.1) is 10.1 Å². The lowest BCUT2D eigenvalue weighted by Crippen LogP contribution is -2.10. The second-order valence-electron chi connectivity index (χ2n) is 4.27. The summed E-state index contributed by atoms with van der Waals surface area (Å²) in [5.41, 5.74) is -0.238. The molecule has 7 heteroatoms. The lowest BCUT2D eigenvalue weighted by atomic mass is 10.2. The second-order valence-corrected chi connectivity index (χ2v) is 4.63. The molecule has 0 spiro atoms. The number of hydrogen-bond acceptors (Lipinski definition) is 5. The van der Waals surface area contributed by atoms with Crippen LogP contribution in [0.25, 0.3) is 0 Å². The average Bonchev–Trinajstić information content (AvgIpc) is 2.34. The number of aromatic nitrogens is 2.